The van der Waals surface area contributed by atoms with E-state index in [2.05, 4.69) is 5.43 Å². The molecule has 1 heterocycles. The van der Waals surface area contributed by atoms with Crippen LogP contribution in [0.3, 0.4) is 0 Å². The molecule has 1 unspecified atom stereocenters. The summed E-state index contributed by atoms with van der Waals surface area (Å²) >= 11 is 0. The van der Waals surface area contributed by atoms with Crippen LogP contribution >= 0.6 is 0 Å². The van der Waals surface area contributed by atoms with Crippen LogP contribution in [0.5, 0.6) is 11.5 Å². The number of fused-ring (bicyclic) bond motifs is 1. The molecule has 3 aromatic rings. The zero-order valence-electron chi connectivity index (χ0n) is 20.1. The van der Waals surface area contributed by atoms with Gasteiger partial charge in [-0.2, -0.15) is 0 Å². The maximum absolute atomic E-state index is 13.2. The lowest BCUT2D eigenvalue weighted by Gasteiger charge is -2.27. The van der Waals surface area contributed by atoms with Gasteiger partial charge in [-0.3, -0.25) is 24.6 Å². The monoisotopic (exact) mass is 489 g/mol. The molecule has 9 nitrogen and oxygen atoms in total. The molecule has 4 amide bonds. The average molecular weight is 490 g/mol. The molecule has 1 fully saturated rings. The molecule has 186 valence electrons. The number of benzene rings is 3. The Morgan fingerprint density at radius 2 is 1.64 bits per heavy atom. The molecule has 0 spiro atoms. The lowest BCUT2D eigenvalue weighted by atomic mass is 10.1. The number of carbonyl (C=O) groups is 4. The molecular weight excluding hydrogens is 462 g/mol. The minimum atomic E-state index is -1.15. The van der Waals surface area contributed by atoms with Gasteiger partial charge in [0.05, 0.1) is 18.7 Å². The summed E-state index contributed by atoms with van der Waals surface area (Å²) in [7, 11) is 0. The molecule has 0 saturated carbocycles. The summed E-state index contributed by atoms with van der Waals surface area (Å²) in [4.78, 5) is 52.2. The van der Waals surface area contributed by atoms with Crippen LogP contribution in [0, 0.1) is 0 Å². The number of rotatable bonds is 8. The number of carbonyl (C=O) groups excluding carboxylic acids is 4. The Morgan fingerprint density at radius 1 is 0.944 bits per heavy atom. The molecule has 3 aromatic carbocycles. The smallest absolute Gasteiger partial charge is 0.276 e. The third-order valence-electron chi connectivity index (χ3n) is 5.75. The van der Waals surface area contributed by atoms with Gasteiger partial charge in [0.15, 0.2) is 6.61 Å². The van der Waals surface area contributed by atoms with Crippen molar-refractivity contribution in [3.05, 3.63) is 66.7 Å². The van der Waals surface area contributed by atoms with E-state index >= 15 is 0 Å². The highest BCUT2D eigenvalue weighted by Crippen LogP contribution is 2.27. The maximum atomic E-state index is 13.2. The molecule has 9 heteroatoms. The lowest BCUT2D eigenvalue weighted by molar-refractivity contribution is -0.148. The van der Waals surface area contributed by atoms with Crippen LogP contribution in [0.4, 0.5) is 5.69 Å². The van der Waals surface area contributed by atoms with E-state index < -0.39 is 29.7 Å². The largest absolute Gasteiger partial charge is 0.494 e. The third-order valence-corrected chi connectivity index (χ3v) is 5.75. The van der Waals surface area contributed by atoms with Gasteiger partial charge >= 0.3 is 0 Å². The van der Waals surface area contributed by atoms with Crippen molar-refractivity contribution in [2.75, 3.05) is 18.1 Å². The fraction of sp³-hybridized carbons (Fsp3) is 0.259. The Labute approximate surface area is 208 Å². The summed E-state index contributed by atoms with van der Waals surface area (Å²) in [6, 6.07) is 18.6. The second-order valence-corrected chi connectivity index (χ2v) is 8.16. The number of hydrogen-bond donors (Lipinski definition) is 1. The average Bonchev–Trinajstić information content (AvgIpc) is 3.19. The number of nitrogens with one attached hydrogen (secondary N) is 1. The van der Waals surface area contributed by atoms with E-state index in [-0.39, 0.29) is 19.4 Å². The topological polar surface area (TPSA) is 105 Å². The van der Waals surface area contributed by atoms with E-state index in [4.69, 9.17) is 9.47 Å². The summed E-state index contributed by atoms with van der Waals surface area (Å²) in [5, 5.41) is 2.94. The van der Waals surface area contributed by atoms with Crippen molar-refractivity contribution in [1.82, 2.24) is 10.4 Å². The van der Waals surface area contributed by atoms with E-state index in [9.17, 15) is 19.2 Å². The first-order chi connectivity index (χ1) is 17.4. The molecule has 0 aromatic heterocycles. The Morgan fingerprint density at radius 3 is 2.33 bits per heavy atom. The molecule has 0 aliphatic carbocycles. The molecule has 0 radical (unpaired) electrons. The van der Waals surface area contributed by atoms with Crippen LogP contribution in [0.25, 0.3) is 10.8 Å². The van der Waals surface area contributed by atoms with Crippen molar-refractivity contribution < 1.29 is 28.7 Å². The number of hydrazine groups is 1. The molecule has 1 saturated heterocycles. The first kappa shape index (κ1) is 24.7. The third kappa shape index (κ3) is 5.30. The fourth-order valence-electron chi connectivity index (χ4n) is 4.00. The molecule has 1 aliphatic rings. The van der Waals surface area contributed by atoms with Crippen molar-refractivity contribution in [2.24, 2.45) is 0 Å². The Balaban J connectivity index is 1.44. The van der Waals surface area contributed by atoms with E-state index in [0.29, 0.717) is 23.8 Å². The number of nitrogens with zero attached hydrogens (tertiary/aromatic N) is 2. The Hall–Kier alpha value is -4.40. The summed E-state index contributed by atoms with van der Waals surface area (Å²) < 4.78 is 11.0. The van der Waals surface area contributed by atoms with Crippen LogP contribution in [0.15, 0.2) is 66.7 Å². The normalized spacial score (nSPS) is 15.2. The molecule has 1 N–H and O–H groups in total. The molecule has 0 bridgehead atoms. The molecule has 4 rings (SSSR count). The summed E-state index contributed by atoms with van der Waals surface area (Å²) in [5.41, 5.74) is 2.83. The van der Waals surface area contributed by atoms with Crippen LogP contribution in [-0.4, -0.2) is 47.9 Å². The lowest BCUT2D eigenvalue weighted by Crippen LogP contribution is -2.55. The first-order valence-electron chi connectivity index (χ1n) is 11.7. The standard InChI is InChI=1S/C27H27N3O6/c1-3-25(32)30(28-24(31)17-36-22-12-9-18-7-5-6-8-19(18)15-22)23-16-26(33)29(27(23)34)20-10-13-21(14-11-20)35-4-2/h5-15,23H,3-4,16-17H2,1-2H3,(H,28,31). The zero-order chi connectivity index (χ0) is 25.7. The van der Waals surface area contributed by atoms with Gasteiger partial charge in [-0.25, -0.2) is 9.91 Å². The van der Waals surface area contributed by atoms with Gasteiger partial charge in [0.1, 0.15) is 17.5 Å². The number of amides is 4. The van der Waals surface area contributed by atoms with Crippen molar-refractivity contribution in [2.45, 2.75) is 32.7 Å². The summed E-state index contributed by atoms with van der Waals surface area (Å²) in [5.74, 6) is -1.07. The van der Waals surface area contributed by atoms with Gasteiger partial charge in [0.25, 0.3) is 11.8 Å². The SMILES string of the molecule is CCOc1ccc(N2C(=O)CC(N(NC(=O)COc3ccc4ccccc4c3)C(=O)CC)C2=O)cc1. The van der Waals surface area contributed by atoms with Crippen molar-refractivity contribution in [3.8, 4) is 11.5 Å². The molecule has 1 atom stereocenters. The van der Waals surface area contributed by atoms with Gasteiger partial charge in [-0.05, 0) is 54.1 Å². The zero-order valence-corrected chi connectivity index (χ0v) is 20.1. The summed E-state index contributed by atoms with van der Waals surface area (Å²) in [6.45, 7) is 3.58. The van der Waals surface area contributed by atoms with Gasteiger partial charge < -0.3 is 9.47 Å². The number of ether oxygens (including phenoxy) is 2. The Kier molecular flexibility index (Phi) is 7.48. The molecule has 1 aliphatic heterocycles. The minimum Gasteiger partial charge on any atom is -0.494 e. The Bertz CT molecular complexity index is 1290. The highest BCUT2D eigenvalue weighted by atomic mass is 16.5. The van der Waals surface area contributed by atoms with Crippen molar-refractivity contribution in [3.63, 3.8) is 0 Å². The fourth-order valence-corrected chi connectivity index (χ4v) is 4.00. The second kappa shape index (κ2) is 10.9. The first-order valence-corrected chi connectivity index (χ1v) is 11.7. The quantitative estimate of drug-likeness (QED) is 0.385. The minimum absolute atomic E-state index is 0.0346. The molecular formula is C27H27N3O6. The van der Waals surface area contributed by atoms with Gasteiger partial charge in [-0.15, -0.1) is 0 Å². The highest BCUT2D eigenvalue weighted by Gasteiger charge is 2.45. The van der Waals surface area contributed by atoms with Crippen molar-refractivity contribution >= 4 is 40.1 Å². The number of anilines is 1. The van der Waals surface area contributed by atoms with Gasteiger partial charge in [0, 0.05) is 6.42 Å². The van der Waals surface area contributed by atoms with E-state index in [1.54, 1.807) is 37.3 Å². The van der Waals surface area contributed by atoms with Gasteiger partial charge in [-0.1, -0.05) is 37.3 Å². The van der Waals surface area contributed by atoms with Gasteiger partial charge in [0.2, 0.25) is 11.8 Å². The van der Waals surface area contributed by atoms with E-state index in [1.807, 2.05) is 43.3 Å². The number of hydrogen-bond acceptors (Lipinski definition) is 6. The second-order valence-electron chi connectivity index (χ2n) is 8.16. The predicted octanol–water partition coefficient (Wildman–Crippen LogP) is 3.22. The van der Waals surface area contributed by atoms with Crippen LogP contribution in [0.1, 0.15) is 26.7 Å². The van der Waals surface area contributed by atoms with Crippen molar-refractivity contribution in [1.29, 1.82) is 0 Å². The molecule has 36 heavy (non-hydrogen) atoms. The highest BCUT2D eigenvalue weighted by molar-refractivity contribution is 6.23. The van der Waals surface area contributed by atoms with E-state index in [0.717, 1.165) is 20.7 Å². The number of imide groups is 1. The van der Waals surface area contributed by atoms with E-state index in [1.165, 1.54) is 0 Å². The van der Waals surface area contributed by atoms with Crippen LogP contribution in [-0.2, 0) is 19.2 Å². The summed E-state index contributed by atoms with van der Waals surface area (Å²) in [6.07, 6.45) is -0.212. The maximum Gasteiger partial charge on any atom is 0.276 e. The predicted molar refractivity (Wildman–Crippen MR) is 133 cm³/mol. The van der Waals surface area contributed by atoms with Crippen LogP contribution < -0.4 is 19.8 Å². The van der Waals surface area contributed by atoms with Crippen LogP contribution in [0.2, 0.25) is 0 Å².